The molecule has 0 fully saturated rings. The van der Waals surface area contributed by atoms with Gasteiger partial charge >= 0.3 is 5.97 Å². The van der Waals surface area contributed by atoms with Gasteiger partial charge in [-0.2, -0.15) is 0 Å². The van der Waals surface area contributed by atoms with E-state index in [2.05, 4.69) is 13.0 Å². The van der Waals surface area contributed by atoms with E-state index in [-0.39, 0.29) is 18.1 Å². The smallest absolute Gasteiger partial charge is 0.309 e. The predicted molar refractivity (Wildman–Crippen MR) is 117 cm³/mol. The van der Waals surface area contributed by atoms with Crippen LogP contribution in [0, 0.1) is 17.8 Å². The van der Waals surface area contributed by atoms with E-state index >= 15 is 0 Å². The Morgan fingerprint density at radius 1 is 1.00 bits per heavy atom. The van der Waals surface area contributed by atoms with Gasteiger partial charge in [0.15, 0.2) is 0 Å². The van der Waals surface area contributed by atoms with E-state index < -0.39 is 36.1 Å². The van der Waals surface area contributed by atoms with E-state index in [4.69, 9.17) is 4.74 Å². The van der Waals surface area contributed by atoms with E-state index in [1.807, 2.05) is 37.3 Å². The highest BCUT2D eigenvalue weighted by atomic mass is 16.5. The first-order chi connectivity index (χ1) is 14.2. The number of ketones is 1. The molecule has 0 saturated heterocycles. The van der Waals surface area contributed by atoms with Crippen LogP contribution in [0.2, 0.25) is 0 Å². The summed E-state index contributed by atoms with van der Waals surface area (Å²) in [6.07, 6.45) is 2.69. The van der Waals surface area contributed by atoms with Gasteiger partial charge in [0.25, 0.3) is 0 Å². The second-order valence-corrected chi connectivity index (χ2v) is 8.79. The first-order valence-electron chi connectivity index (χ1n) is 11.0. The number of carbonyl (C=O) groups is 2. The third-order valence-electron chi connectivity index (χ3n) is 6.30. The normalized spacial score (nSPS) is 34.7. The average Bonchev–Trinajstić information content (AvgIpc) is 2.74. The molecule has 0 spiro atoms. The van der Waals surface area contributed by atoms with Crippen LogP contribution in [0.25, 0.3) is 0 Å². The van der Waals surface area contributed by atoms with Gasteiger partial charge in [-0.15, -0.1) is 0 Å². The Morgan fingerprint density at radius 3 is 2.33 bits per heavy atom. The number of allylic oxidation sites excluding steroid dienone is 1. The number of benzene rings is 1. The molecule has 5 heteroatoms. The lowest BCUT2D eigenvalue weighted by molar-refractivity contribution is -0.153. The minimum atomic E-state index is -1.14. The van der Waals surface area contributed by atoms with Crippen LogP contribution in [0.5, 0.6) is 0 Å². The average molecular weight is 417 g/mol. The monoisotopic (exact) mass is 416 g/mol. The van der Waals surface area contributed by atoms with Crippen molar-refractivity contribution < 1.29 is 24.5 Å². The second-order valence-electron chi connectivity index (χ2n) is 8.79. The second kappa shape index (κ2) is 11.4. The van der Waals surface area contributed by atoms with E-state index in [0.29, 0.717) is 6.42 Å². The molecule has 30 heavy (non-hydrogen) atoms. The fraction of sp³-hybridized carbons (Fsp3) is 0.600. The van der Waals surface area contributed by atoms with Gasteiger partial charge in [-0.1, -0.05) is 62.8 Å². The van der Waals surface area contributed by atoms with Crippen molar-refractivity contribution in [1.82, 2.24) is 0 Å². The minimum Gasteiger partial charge on any atom is -0.457 e. The van der Waals surface area contributed by atoms with Crippen molar-refractivity contribution in [2.24, 2.45) is 17.8 Å². The summed E-state index contributed by atoms with van der Waals surface area (Å²) in [5.74, 6) is -2.12. The first-order valence-corrected chi connectivity index (χ1v) is 11.0. The van der Waals surface area contributed by atoms with Crippen LogP contribution in [-0.4, -0.2) is 34.2 Å². The Bertz CT molecular complexity index is 726. The van der Waals surface area contributed by atoms with Crippen LogP contribution in [0.1, 0.15) is 71.5 Å². The molecule has 166 valence electrons. The Kier molecular flexibility index (Phi) is 9.25. The molecule has 6 atom stereocenters. The summed E-state index contributed by atoms with van der Waals surface area (Å²) in [5.41, 5.74) is 2.11. The maximum absolute atomic E-state index is 12.8. The van der Waals surface area contributed by atoms with Crippen molar-refractivity contribution in [3.63, 3.8) is 0 Å². The van der Waals surface area contributed by atoms with Crippen molar-refractivity contribution >= 4 is 11.8 Å². The van der Waals surface area contributed by atoms with Crippen LogP contribution >= 0.6 is 0 Å². The van der Waals surface area contributed by atoms with Gasteiger partial charge in [0.2, 0.25) is 0 Å². The van der Waals surface area contributed by atoms with Crippen molar-refractivity contribution in [3.8, 4) is 0 Å². The third kappa shape index (κ3) is 6.78. The summed E-state index contributed by atoms with van der Waals surface area (Å²) in [6.45, 7) is 7.33. The maximum atomic E-state index is 12.8. The van der Waals surface area contributed by atoms with Crippen LogP contribution in [0.3, 0.4) is 0 Å². The highest BCUT2D eigenvalue weighted by Gasteiger charge is 2.34. The molecule has 0 bridgehead atoms. The van der Waals surface area contributed by atoms with Crippen molar-refractivity contribution in [2.75, 3.05) is 0 Å². The molecule has 5 nitrogen and oxygen atoms in total. The lowest BCUT2D eigenvalue weighted by Gasteiger charge is -2.28. The van der Waals surface area contributed by atoms with Gasteiger partial charge < -0.3 is 14.9 Å². The molecular formula is C25H36O5. The molecule has 0 aromatic heterocycles. The zero-order chi connectivity index (χ0) is 22.3. The molecule has 1 heterocycles. The Morgan fingerprint density at radius 2 is 1.67 bits per heavy atom. The Balaban J connectivity index is 2.25. The van der Waals surface area contributed by atoms with E-state index in [1.54, 1.807) is 13.8 Å². The third-order valence-corrected chi connectivity index (χ3v) is 6.30. The molecule has 1 aliphatic heterocycles. The van der Waals surface area contributed by atoms with Crippen molar-refractivity contribution in [2.45, 2.75) is 78.1 Å². The molecule has 0 aliphatic carbocycles. The van der Waals surface area contributed by atoms with Gasteiger partial charge in [0.1, 0.15) is 11.9 Å². The molecule has 0 amide bonds. The number of cyclic esters (lactones) is 1. The van der Waals surface area contributed by atoms with E-state index in [0.717, 1.165) is 24.8 Å². The zero-order valence-electron chi connectivity index (χ0n) is 18.6. The lowest BCUT2D eigenvalue weighted by Crippen LogP contribution is -2.38. The number of Topliss-reactive ketones (excluding diaryl/α,β-unsaturated/α-hetero) is 1. The van der Waals surface area contributed by atoms with Gasteiger partial charge in [-0.25, -0.2) is 0 Å². The van der Waals surface area contributed by atoms with Crippen LogP contribution in [0.4, 0.5) is 0 Å². The topological polar surface area (TPSA) is 83.8 Å². The molecular weight excluding hydrogens is 380 g/mol. The predicted octanol–water partition coefficient (Wildman–Crippen LogP) is 4.38. The van der Waals surface area contributed by atoms with Gasteiger partial charge in [0, 0.05) is 18.3 Å². The van der Waals surface area contributed by atoms with Crippen LogP contribution in [-0.2, 0) is 14.3 Å². The highest BCUT2D eigenvalue weighted by Crippen LogP contribution is 2.27. The standard InChI is InChI=1S/C25H36O5/c1-16-9-8-10-17(2)24(28)19(4)25(29)18(3)21(26)15-23(27)30-22(14-13-16)20-11-6-5-7-12-20/h5-7,11-13,17-19,21-22,24,26,28H,8-10,14-15H2,1-4H3/b16-13-/t17-,18+,19+,21-,22-,24-/m0/s1. The quantitative estimate of drug-likeness (QED) is 0.524. The molecule has 0 unspecified atom stereocenters. The number of carbonyl (C=O) groups excluding carboxylic acids is 2. The number of hydrogen-bond donors (Lipinski definition) is 2. The molecule has 1 aromatic rings. The molecule has 1 aliphatic rings. The van der Waals surface area contributed by atoms with Gasteiger partial charge in [-0.05, 0) is 37.7 Å². The summed E-state index contributed by atoms with van der Waals surface area (Å²) in [6, 6.07) is 9.57. The molecule has 2 rings (SSSR count). The molecule has 0 radical (unpaired) electrons. The number of rotatable bonds is 1. The summed E-state index contributed by atoms with van der Waals surface area (Å²) in [4.78, 5) is 25.3. The highest BCUT2D eigenvalue weighted by molar-refractivity contribution is 5.84. The van der Waals surface area contributed by atoms with Crippen LogP contribution < -0.4 is 0 Å². The minimum absolute atomic E-state index is 0.0176. The maximum Gasteiger partial charge on any atom is 0.309 e. The molecule has 1 aromatic carbocycles. The number of esters is 1. The largest absolute Gasteiger partial charge is 0.457 e. The number of hydrogen-bond acceptors (Lipinski definition) is 5. The van der Waals surface area contributed by atoms with Gasteiger partial charge in [-0.3, -0.25) is 9.59 Å². The SMILES string of the molecule is C/C1=C/C[C@@H](c2ccccc2)OC(=O)C[C@H](O)[C@@H](C)C(=O)[C@H](C)[C@@H](O)[C@@H](C)CCC1. The fourth-order valence-corrected chi connectivity index (χ4v) is 4.02. The molecule has 2 N–H and O–H groups in total. The number of aliphatic hydroxyl groups is 2. The van der Waals surface area contributed by atoms with Crippen molar-refractivity contribution in [1.29, 1.82) is 0 Å². The van der Waals surface area contributed by atoms with Crippen molar-refractivity contribution in [3.05, 3.63) is 47.5 Å². The number of aliphatic hydroxyl groups excluding tert-OH is 2. The first kappa shape index (κ1) is 24.3. The Hall–Kier alpha value is -1.98. The summed E-state index contributed by atoms with van der Waals surface area (Å²) < 4.78 is 5.70. The summed E-state index contributed by atoms with van der Waals surface area (Å²) >= 11 is 0. The summed E-state index contributed by atoms with van der Waals surface area (Å²) in [7, 11) is 0. The molecule has 0 saturated carbocycles. The fourth-order valence-electron chi connectivity index (χ4n) is 4.02. The van der Waals surface area contributed by atoms with E-state index in [9.17, 15) is 19.8 Å². The lowest BCUT2D eigenvalue weighted by atomic mass is 9.81. The van der Waals surface area contributed by atoms with E-state index in [1.165, 1.54) is 5.57 Å². The summed E-state index contributed by atoms with van der Waals surface area (Å²) in [5, 5.41) is 21.1. The Labute approximate surface area is 180 Å². The van der Waals surface area contributed by atoms with Crippen LogP contribution in [0.15, 0.2) is 42.0 Å². The zero-order valence-corrected chi connectivity index (χ0v) is 18.6. The number of ether oxygens (including phenoxy) is 1. The van der Waals surface area contributed by atoms with Gasteiger partial charge in [0.05, 0.1) is 18.6 Å².